The fraction of sp³-hybridized carbons (Fsp3) is 0.481. The van der Waals surface area contributed by atoms with Gasteiger partial charge in [0.2, 0.25) is 0 Å². The third-order valence-electron chi connectivity index (χ3n) is 6.78. The van der Waals surface area contributed by atoms with Gasteiger partial charge in [0.15, 0.2) is 0 Å². The van der Waals surface area contributed by atoms with Gasteiger partial charge >= 0.3 is 6.03 Å². The molecule has 1 aliphatic carbocycles. The van der Waals surface area contributed by atoms with Gasteiger partial charge in [0.05, 0.1) is 12.1 Å². The normalized spacial score (nSPS) is 21.1. The van der Waals surface area contributed by atoms with E-state index in [9.17, 15) is 19.1 Å². The molecule has 1 saturated carbocycles. The Morgan fingerprint density at radius 3 is 2.37 bits per heavy atom. The van der Waals surface area contributed by atoms with Crippen molar-refractivity contribution in [1.29, 1.82) is 0 Å². The molecule has 7 nitrogen and oxygen atoms in total. The van der Waals surface area contributed by atoms with Crippen molar-refractivity contribution in [1.82, 2.24) is 15.5 Å². The van der Waals surface area contributed by atoms with Crippen LogP contribution in [0.25, 0.3) is 0 Å². The number of hydrogen-bond donors (Lipinski definition) is 3. The summed E-state index contributed by atoms with van der Waals surface area (Å²) in [7, 11) is 0. The molecule has 2 fully saturated rings. The SMILES string of the molecule is O=C(N[C@H]1CN(C(=O)NC2CCCCC2)CCC[C@H]1O)c1ccc(OCc2ccc(F)cc2)cc1. The summed E-state index contributed by atoms with van der Waals surface area (Å²) in [5.74, 6) is -0.0181. The van der Waals surface area contributed by atoms with Crippen LogP contribution < -0.4 is 15.4 Å². The molecule has 4 rings (SSSR count). The Balaban J connectivity index is 1.31. The van der Waals surface area contributed by atoms with Gasteiger partial charge in [0.25, 0.3) is 5.91 Å². The quantitative estimate of drug-likeness (QED) is 0.579. The predicted octanol–water partition coefficient (Wildman–Crippen LogP) is 4.00. The first-order valence-corrected chi connectivity index (χ1v) is 12.5. The zero-order valence-corrected chi connectivity index (χ0v) is 19.9. The lowest BCUT2D eigenvalue weighted by molar-refractivity contribution is 0.0808. The zero-order valence-electron chi connectivity index (χ0n) is 19.9. The Morgan fingerprint density at radius 2 is 1.66 bits per heavy atom. The molecule has 8 heteroatoms. The van der Waals surface area contributed by atoms with Crippen LogP contribution in [0.5, 0.6) is 5.75 Å². The molecule has 2 aromatic carbocycles. The molecular weight excluding hydrogens is 449 g/mol. The third-order valence-corrected chi connectivity index (χ3v) is 6.78. The van der Waals surface area contributed by atoms with Crippen LogP contribution in [-0.2, 0) is 6.61 Å². The number of amides is 3. The average molecular weight is 484 g/mol. The molecule has 0 aromatic heterocycles. The van der Waals surface area contributed by atoms with E-state index in [4.69, 9.17) is 4.74 Å². The summed E-state index contributed by atoms with van der Waals surface area (Å²) in [4.78, 5) is 27.4. The fourth-order valence-electron chi connectivity index (χ4n) is 4.68. The summed E-state index contributed by atoms with van der Waals surface area (Å²) in [6, 6.07) is 12.4. The molecule has 2 atom stereocenters. The maximum absolute atomic E-state index is 13.0. The number of nitrogens with zero attached hydrogens (tertiary/aromatic N) is 1. The van der Waals surface area contributed by atoms with Crippen molar-refractivity contribution in [3.05, 3.63) is 65.5 Å². The minimum atomic E-state index is -0.718. The second kappa shape index (κ2) is 12.0. The van der Waals surface area contributed by atoms with Crippen LogP contribution in [-0.4, -0.2) is 53.2 Å². The number of aliphatic hydroxyl groups excluding tert-OH is 1. The lowest BCUT2D eigenvalue weighted by Gasteiger charge is -2.30. The summed E-state index contributed by atoms with van der Waals surface area (Å²) in [5, 5.41) is 16.6. The molecule has 3 amide bonds. The van der Waals surface area contributed by atoms with E-state index in [0.717, 1.165) is 31.2 Å². The van der Waals surface area contributed by atoms with E-state index in [0.29, 0.717) is 37.3 Å². The van der Waals surface area contributed by atoms with Crippen molar-refractivity contribution in [3.63, 3.8) is 0 Å². The van der Waals surface area contributed by atoms with Crippen molar-refractivity contribution >= 4 is 11.9 Å². The zero-order chi connectivity index (χ0) is 24.6. The third kappa shape index (κ3) is 7.18. The minimum absolute atomic E-state index is 0.118. The van der Waals surface area contributed by atoms with Crippen molar-refractivity contribution < 1.29 is 23.8 Å². The largest absolute Gasteiger partial charge is 0.489 e. The number of carbonyl (C=O) groups is 2. The second-order valence-corrected chi connectivity index (χ2v) is 9.46. The van der Waals surface area contributed by atoms with Crippen LogP contribution >= 0.6 is 0 Å². The van der Waals surface area contributed by atoms with Gasteiger partial charge in [-0.25, -0.2) is 9.18 Å². The Hall–Kier alpha value is -3.13. The average Bonchev–Trinajstić information content (AvgIpc) is 3.06. The second-order valence-electron chi connectivity index (χ2n) is 9.46. The van der Waals surface area contributed by atoms with E-state index in [2.05, 4.69) is 10.6 Å². The van der Waals surface area contributed by atoms with Crippen LogP contribution in [0.15, 0.2) is 48.5 Å². The molecule has 2 aliphatic rings. The standard InChI is InChI=1S/C27H34FN3O4/c28-21-12-8-19(9-13-21)18-35-23-14-10-20(11-15-23)26(33)30-24-17-31(16-4-7-25(24)32)27(34)29-22-5-2-1-3-6-22/h8-15,22,24-25,32H,1-7,16-18H2,(H,29,34)(H,30,33)/t24-,25+/m0/s1. The fourth-order valence-corrected chi connectivity index (χ4v) is 4.68. The van der Waals surface area contributed by atoms with Crippen molar-refractivity contribution in [2.75, 3.05) is 13.1 Å². The minimum Gasteiger partial charge on any atom is -0.489 e. The number of urea groups is 1. The predicted molar refractivity (Wildman–Crippen MR) is 131 cm³/mol. The molecule has 0 radical (unpaired) electrons. The van der Waals surface area contributed by atoms with Gasteiger partial charge in [0, 0.05) is 24.7 Å². The first-order chi connectivity index (χ1) is 17.0. The molecule has 35 heavy (non-hydrogen) atoms. The van der Waals surface area contributed by atoms with Gasteiger partial charge in [-0.2, -0.15) is 0 Å². The van der Waals surface area contributed by atoms with Crippen LogP contribution in [0.1, 0.15) is 60.9 Å². The summed E-state index contributed by atoms with van der Waals surface area (Å²) < 4.78 is 18.7. The van der Waals surface area contributed by atoms with E-state index in [-0.39, 0.29) is 30.3 Å². The van der Waals surface area contributed by atoms with Crippen LogP contribution in [0.3, 0.4) is 0 Å². The molecule has 188 valence electrons. The van der Waals surface area contributed by atoms with E-state index in [1.165, 1.54) is 18.6 Å². The van der Waals surface area contributed by atoms with Gasteiger partial charge < -0.3 is 25.4 Å². The summed E-state index contributed by atoms with van der Waals surface area (Å²) in [5.41, 5.74) is 1.28. The summed E-state index contributed by atoms with van der Waals surface area (Å²) in [6.07, 6.45) is 6.00. The summed E-state index contributed by atoms with van der Waals surface area (Å²) in [6.45, 7) is 1.12. The molecule has 0 bridgehead atoms. The van der Waals surface area contributed by atoms with Crippen molar-refractivity contribution in [2.24, 2.45) is 0 Å². The highest BCUT2D eigenvalue weighted by atomic mass is 19.1. The summed E-state index contributed by atoms with van der Waals surface area (Å²) >= 11 is 0. The lowest BCUT2D eigenvalue weighted by atomic mass is 9.96. The number of likely N-dealkylation sites (tertiary alicyclic amines) is 1. The van der Waals surface area contributed by atoms with E-state index < -0.39 is 12.1 Å². The van der Waals surface area contributed by atoms with Gasteiger partial charge in [-0.15, -0.1) is 0 Å². The smallest absolute Gasteiger partial charge is 0.317 e. The number of halogens is 1. The maximum Gasteiger partial charge on any atom is 0.317 e. The van der Waals surface area contributed by atoms with Gasteiger partial charge in [0.1, 0.15) is 18.2 Å². The first-order valence-electron chi connectivity index (χ1n) is 12.5. The monoisotopic (exact) mass is 483 g/mol. The Bertz CT molecular complexity index is 977. The molecule has 2 aromatic rings. The lowest BCUT2D eigenvalue weighted by Crippen LogP contribution is -2.53. The van der Waals surface area contributed by atoms with E-state index in [1.54, 1.807) is 41.3 Å². The molecule has 1 heterocycles. The number of carbonyl (C=O) groups excluding carboxylic acids is 2. The van der Waals surface area contributed by atoms with Gasteiger partial charge in [-0.05, 0) is 67.6 Å². The topological polar surface area (TPSA) is 90.9 Å². The number of ether oxygens (including phenoxy) is 1. The molecule has 3 N–H and O–H groups in total. The number of nitrogens with one attached hydrogen (secondary N) is 2. The molecule has 0 spiro atoms. The molecule has 1 saturated heterocycles. The Morgan fingerprint density at radius 1 is 0.943 bits per heavy atom. The van der Waals surface area contributed by atoms with Crippen LogP contribution in [0, 0.1) is 5.82 Å². The Kier molecular flexibility index (Phi) is 8.58. The van der Waals surface area contributed by atoms with Crippen LogP contribution in [0.2, 0.25) is 0 Å². The molecular formula is C27H34FN3O4. The van der Waals surface area contributed by atoms with Crippen LogP contribution in [0.4, 0.5) is 9.18 Å². The number of hydrogen-bond acceptors (Lipinski definition) is 4. The Labute approximate surface area is 205 Å². The number of rotatable bonds is 6. The highest BCUT2D eigenvalue weighted by Crippen LogP contribution is 2.19. The van der Waals surface area contributed by atoms with Crippen molar-refractivity contribution in [2.45, 2.75) is 69.7 Å². The molecule has 1 aliphatic heterocycles. The number of benzene rings is 2. The molecule has 0 unspecified atom stereocenters. The van der Waals surface area contributed by atoms with Gasteiger partial charge in [-0.3, -0.25) is 4.79 Å². The highest BCUT2D eigenvalue weighted by molar-refractivity contribution is 5.94. The number of aliphatic hydroxyl groups is 1. The van der Waals surface area contributed by atoms with E-state index in [1.807, 2.05) is 0 Å². The highest BCUT2D eigenvalue weighted by Gasteiger charge is 2.30. The van der Waals surface area contributed by atoms with Crippen molar-refractivity contribution in [3.8, 4) is 5.75 Å². The maximum atomic E-state index is 13.0. The van der Waals surface area contributed by atoms with Gasteiger partial charge in [-0.1, -0.05) is 31.4 Å². The first kappa shape index (κ1) is 25.0. The van der Waals surface area contributed by atoms with E-state index >= 15 is 0 Å².